The van der Waals surface area contributed by atoms with E-state index in [0.717, 1.165) is 5.69 Å². The van der Waals surface area contributed by atoms with E-state index in [4.69, 9.17) is 5.73 Å². The topological polar surface area (TPSA) is 29.3 Å². The van der Waals surface area contributed by atoms with Crippen molar-refractivity contribution in [3.63, 3.8) is 0 Å². The van der Waals surface area contributed by atoms with Gasteiger partial charge in [0.25, 0.3) is 0 Å². The van der Waals surface area contributed by atoms with E-state index >= 15 is 0 Å². The number of rotatable bonds is 5. The molecule has 0 saturated heterocycles. The van der Waals surface area contributed by atoms with Gasteiger partial charge in [-0.3, -0.25) is 0 Å². The molecule has 8 heteroatoms. The second kappa shape index (κ2) is 7.26. The number of nitrogens with two attached hydrogens (primary N) is 1. The molecule has 0 saturated carbocycles. The normalized spacial score (nSPS) is 13.5. The molecule has 0 bridgehead atoms. The van der Waals surface area contributed by atoms with Crippen molar-refractivity contribution in [1.29, 1.82) is 0 Å². The Morgan fingerprint density at radius 3 is 1.76 bits per heavy atom. The first-order valence-electron chi connectivity index (χ1n) is 6.20. The van der Waals surface area contributed by atoms with Gasteiger partial charge in [-0.05, 0) is 31.5 Å². The number of hydrogen-bond donors (Lipinski definition) is 1. The van der Waals surface area contributed by atoms with E-state index in [2.05, 4.69) is 0 Å². The van der Waals surface area contributed by atoms with E-state index in [1.54, 1.807) is 0 Å². The summed E-state index contributed by atoms with van der Waals surface area (Å²) in [6, 6.07) is 2.99. The Kier molecular flexibility index (Phi) is 6.89. The van der Waals surface area contributed by atoms with E-state index in [1.807, 2.05) is 18.7 Å². The third-order valence-electron chi connectivity index (χ3n) is 3.15. The van der Waals surface area contributed by atoms with Gasteiger partial charge in [0.2, 0.25) is 0 Å². The number of benzene rings is 1. The van der Waals surface area contributed by atoms with Crippen molar-refractivity contribution in [2.24, 2.45) is 5.73 Å². The lowest BCUT2D eigenvalue weighted by atomic mass is 10.0. The third-order valence-corrected chi connectivity index (χ3v) is 3.15. The Labute approximate surface area is 126 Å². The zero-order valence-corrected chi connectivity index (χ0v) is 12.4. The van der Waals surface area contributed by atoms with E-state index in [-0.39, 0.29) is 18.0 Å². The van der Waals surface area contributed by atoms with E-state index < -0.39 is 18.1 Å². The van der Waals surface area contributed by atoms with Crippen LogP contribution in [0, 0.1) is 0 Å². The summed E-state index contributed by atoms with van der Waals surface area (Å²) in [6.45, 7) is 5.25. The third kappa shape index (κ3) is 4.20. The highest BCUT2D eigenvalue weighted by molar-refractivity contribution is 5.85. The zero-order valence-electron chi connectivity index (χ0n) is 11.6. The van der Waals surface area contributed by atoms with E-state index in [0.29, 0.717) is 13.1 Å². The van der Waals surface area contributed by atoms with Crippen molar-refractivity contribution in [3.8, 4) is 0 Å². The summed E-state index contributed by atoms with van der Waals surface area (Å²) < 4.78 is 63.0. The monoisotopic (exact) mass is 332 g/mol. The number of alkyl halides is 5. The first kappa shape index (κ1) is 19.9. The minimum Gasteiger partial charge on any atom is -0.372 e. The van der Waals surface area contributed by atoms with Crippen LogP contribution in [0.1, 0.15) is 25.5 Å². The van der Waals surface area contributed by atoms with E-state index in [1.165, 1.54) is 24.3 Å². The summed E-state index contributed by atoms with van der Waals surface area (Å²) in [5, 5.41) is 0. The number of nitrogens with zero attached hydrogens (tertiary/aromatic N) is 1. The summed E-state index contributed by atoms with van der Waals surface area (Å²) in [6.07, 6.45) is -5.66. The standard InChI is InChI=1S/C13H17F5N2.ClH/c1-3-20(4-2)10-7-5-9(6-8-10)11(19)12(14,15)13(16,17)18;/h5-8,11H,3-4,19H2,1-2H3;1H/t11-;/m0./s1. The Morgan fingerprint density at radius 1 is 1.00 bits per heavy atom. The lowest BCUT2D eigenvalue weighted by Gasteiger charge is -2.27. The average molecular weight is 333 g/mol. The van der Waals surface area contributed by atoms with Crippen LogP contribution in [0.5, 0.6) is 0 Å². The maximum absolute atomic E-state index is 13.1. The summed E-state index contributed by atoms with van der Waals surface area (Å²) >= 11 is 0. The molecule has 0 aromatic heterocycles. The molecule has 21 heavy (non-hydrogen) atoms. The van der Waals surface area contributed by atoms with Crippen LogP contribution in [0.25, 0.3) is 0 Å². The highest BCUT2D eigenvalue weighted by Gasteiger charge is 2.61. The predicted molar refractivity (Wildman–Crippen MR) is 75.2 cm³/mol. The van der Waals surface area contributed by atoms with Gasteiger partial charge in [0.05, 0.1) is 0 Å². The molecule has 0 fully saturated rings. The van der Waals surface area contributed by atoms with Gasteiger partial charge in [-0.15, -0.1) is 12.4 Å². The first-order chi connectivity index (χ1) is 9.15. The summed E-state index contributed by atoms with van der Waals surface area (Å²) in [7, 11) is 0. The molecule has 1 rings (SSSR count). The van der Waals surface area contributed by atoms with Crippen molar-refractivity contribution in [2.45, 2.75) is 32.0 Å². The Balaban J connectivity index is 0.00000400. The van der Waals surface area contributed by atoms with Crippen LogP contribution in [0.4, 0.5) is 27.6 Å². The molecule has 0 amide bonds. The van der Waals surface area contributed by atoms with Crippen LogP contribution in [0.2, 0.25) is 0 Å². The van der Waals surface area contributed by atoms with Crippen molar-refractivity contribution < 1.29 is 22.0 Å². The molecule has 0 aliphatic heterocycles. The molecular formula is C13H18ClF5N2. The molecule has 0 spiro atoms. The molecule has 0 heterocycles. The van der Waals surface area contributed by atoms with Crippen molar-refractivity contribution in [3.05, 3.63) is 29.8 Å². The maximum atomic E-state index is 13.1. The van der Waals surface area contributed by atoms with Gasteiger partial charge < -0.3 is 10.6 Å². The molecule has 0 aliphatic rings. The van der Waals surface area contributed by atoms with Crippen LogP contribution in [0.15, 0.2) is 24.3 Å². The van der Waals surface area contributed by atoms with Crippen LogP contribution in [0.3, 0.4) is 0 Å². The maximum Gasteiger partial charge on any atom is 0.455 e. The molecule has 2 nitrogen and oxygen atoms in total. The second-order valence-electron chi connectivity index (χ2n) is 4.36. The fourth-order valence-electron chi connectivity index (χ4n) is 1.87. The van der Waals surface area contributed by atoms with Gasteiger partial charge in [-0.25, -0.2) is 0 Å². The van der Waals surface area contributed by atoms with Gasteiger partial charge >= 0.3 is 12.1 Å². The number of anilines is 1. The summed E-state index contributed by atoms with van der Waals surface area (Å²) in [5.41, 5.74) is 5.57. The molecule has 1 aromatic rings. The molecule has 1 aromatic carbocycles. The zero-order chi connectivity index (χ0) is 15.6. The smallest absolute Gasteiger partial charge is 0.372 e. The highest BCUT2D eigenvalue weighted by Crippen LogP contribution is 2.43. The first-order valence-corrected chi connectivity index (χ1v) is 6.20. The van der Waals surface area contributed by atoms with Gasteiger partial charge in [0, 0.05) is 18.8 Å². The highest BCUT2D eigenvalue weighted by atomic mass is 35.5. The van der Waals surface area contributed by atoms with Crippen molar-refractivity contribution in [2.75, 3.05) is 18.0 Å². The van der Waals surface area contributed by atoms with Crippen molar-refractivity contribution >= 4 is 18.1 Å². The molecule has 0 unspecified atom stereocenters. The van der Waals surface area contributed by atoms with Gasteiger partial charge in [0.1, 0.15) is 6.04 Å². The lowest BCUT2D eigenvalue weighted by molar-refractivity contribution is -0.291. The van der Waals surface area contributed by atoms with E-state index in [9.17, 15) is 22.0 Å². The van der Waals surface area contributed by atoms with Gasteiger partial charge in [-0.1, -0.05) is 12.1 Å². The Bertz CT molecular complexity index is 429. The van der Waals surface area contributed by atoms with Gasteiger partial charge in [-0.2, -0.15) is 22.0 Å². The molecule has 122 valence electrons. The Morgan fingerprint density at radius 2 is 1.43 bits per heavy atom. The fourth-order valence-corrected chi connectivity index (χ4v) is 1.87. The quantitative estimate of drug-likeness (QED) is 0.821. The SMILES string of the molecule is CCN(CC)c1ccc([C@H](N)C(F)(F)C(F)(F)F)cc1.Cl. The van der Waals surface area contributed by atoms with Crippen LogP contribution in [-0.4, -0.2) is 25.2 Å². The van der Waals surface area contributed by atoms with Crippen molar-refractivity contribution in [1.82, 2.24) is 0 Å². The number of halogens is 6. The summed E-state index contributed by atoms with van der Waals surface area (Å²) in [4.78, 5) is 1.94. The summed E-state index contributed by atoms with van der Waals surface area (Å²) in [5.74, 6) is -4.95. The minimum absolute atomic E-state index is 0. The molecular weight excluding hydrogens is 315 g/mol. The molecule has 1 atom stereocenters. The molecule has 0 radical (unpaired) electrons. The fraction of sp³-hybridized carbons (Fsp3) is 0.538. The second-order valence-corrected chi connectivity index (χ2v) is 4.36. The van der Waals surface area contributed by atoms with Crippen LogP contribution in [-0.2, 0) is 0 Å². The molecule has 0 aliphatic carbocycles. The minimum atomic E-state index is -5.66. The molecule has 2 N–H and O–H groups in total. The predicted octanol–water partition coefficient (Wildman–Crippen LogP) is 4.15. The van der Waals surface area contributed by atoms with Crippen LogP contribution < -0.4 is 10.6 Å². The Hall–Kier alpha value is -1.08. The largest absolute Gasteiger partial charge is 0.455 e. The van der Waals surface area contributed by atoms with Gasteiger partial charge in [0.15, 0.2) is 0 Å². The lowest BCUT2D eigenvalue weighted by Crippen LogP contribution is -2.45. The average Bonchev–Trinajstić information content (AvgIpc) is 2.39. The van der Waals surface area contributed by atoms with Crippen LogP contribution >= 0.6 is 12.4 Å². The number of hydrogen-bond acceptors (Lipinski definition) is 2.